The van der Waals surface area contributed by atoms with Gasteiger partial charge in [-0.15, -0.1) is 11.8 Å². The normalized spacial score (nSPS) is 10.2. The molecule has 0 spiro atoms. The number of rotatable bonds is 6. The lowest BCUT2D eigenvalue weighted by atomic mass is 10.4. The number of aromatic nitrogens is 2. The molecule has 116 valence electrons. The number of carbonyl (C=O) groups excluding carboxylic acids is 2. The van der Waals surface area contributed by atoms with Gasteiger partial charge in [0.2, 0.25) is 11.8 Å². The molecule has 8 nitrogen and oxygen atoms in total. The number of hydrogen-bond donors (Lipinski definition) is 3. The molecule has 0 saturated carbocycles. The summed E-state index contributed by atoms with van der Waals surface area (Å²) in [6.45, 7) is 1.72. The Hall–Kier alpha value is -2.55. The van der Waals surface area contributed by atoms with E-state index in [9.17, 15) is 14.7 Å². The molecular formula is C13H14N4O4S. The standard InChI is InChI=1S/C13H14N4O4S/c1-8-5-10(17-21-8)15-11(19)6-22-7-12(20)16-13-9(18)3-2-4-14-13/h2-5,18H,6-7H2,1H3,(H,14,16,20)(H,15,17,19). The Morgan fingerprint density at radius 3 is 2.68 bits per heavy atom. The van der Waals surface area contributed by atoms with E-state index in [0.717, 1.165) is 11.8 Å². The number of anilines is 2. The largest absolute Gasteiger partial charge is 0.504 e. The number of nitrogens with zero attached hydrogens (tertiary/aromatic N) is 2. The van der Waals surface area contributed by atoms with E-state index in [0.29, 0.717) is 11.6 Å². The predicted octanol–water partition coefficient (Wildman–Crippen LogP) is 1.39. The molecule has 0 aliphatic rings. The Morgan fingerprint density at radius 2 is 2.05 bits per heavy atom. The lowest BCUT2D eigenvalue weighted by molar-refractivity contribution is -0.114. The molecular weight excluding hydrogens is 308 g/mol. The zero-order chi connectivity index (χ0) is 15.9. The van der Waals surface area contributed by atoms with Crippen molar-refractivity contribution in [1.29, 1.82) is 0 Å². The van der Waals surface area contributed by atoms with E-state index in [-0.39, 0.29) is 34.9 Å². The van der Waals surface area contributed by atoms with Crippen molar-refractivity contribution in [2.75, 3.05) is 22.1 Å². The molecule has 22 heavy (non-hydrogen) atoms. The molecule has 9 heteroatoms. The van der Waals surface area contributed by atoms with Crippen molar-refractivity contribution in [3.63, 3.8) is 0 Å². The molecule has 3 N–H and O–H groups in total. The van der Waals surface area contributed by atoms with Gasteiger partial charge in [-0.25, -0.2) is 4.98 Å². The van der Waals surface area contributed by atoms with Gasteiger partial charge in [0.1, 0.15) is 5.76 Å². The van der Waals surface area contributed by atoms with Gasteiger partial charge in [-0.3, -0.25) is 9.59 Å². The SMILES string of the molecule is Cc1cc(NC(=O)CSCC(=O)Nc2ncccc2O)no1. The van der Waals surface area contributed by atoms with E-state index in [2.05, 4.69) is 20.8 Å². The third kappa shape index (κ3) is 4.77. The first-order chi connectivity index (χ1) is 10.5. The topological polar surface area (TPSA) is 117 Å². The van der Waals surface area contributed by atoms with Crippen LogP contribution in [0.2, 0.25) is 0 Å². The molecule has 0 bridgehead atoms. The van der Waals surface area contributed by atoms with Gasteiger partial charge in [0.05, 0.1) is 11.5 Å². The summed E-state index contributed by atoms with van der Waals surface area (Å²) in [5.74, 6) is 0.421. The van der Waals surface area contributed by atoms with Crippen LogP contribution < -0.4 is 10.6 Å². The molecule has 0 atom stereocenters. The van der Waals surface area contributed by atoms with Crippen LogP contribution in [0.5, 0.6) is 5.75 Å². The Morgan fingerprint density at radius 1 is 1.32 bits per heavy atom. The van der Waals surface area contributed by atoms with Crippen molar-refractivity contribution in [2.45, 2.75) is 6.92 Å². The molecule has 0 unspecified atom stereocenters. The van der Waals surface area contributed by atoms with Crippen LogP contribution in [-0.4, -0.2) is 38.6 Å². The minimum atomic E-state index is -0.357. The highest BCUT2D eigenvalue weighted by atomic mass is 32.2. The quantitative estimate of drug-likeness (QED) is 0.735. The molecule has 2 aromatic heterocycles. The number of aryl methyl sites for hydroxylation is 1. The molecule has 0 aliphatic carbocycles. The highest BCUT2D eigenvalue weighted by molar-refractivity contribution is 8.00. The van der Waals surface area contributed by atoms with Crippen LogP contribution in [0.3, 0.4) is 0 Å². The summed E-state index contributed by atoms with van der Waals surface area (Å²) in [6.07, 6.45) is 1.45. The molecule has 0 saturated heterocycles. The molecule has 0 fully saturated rings. The van der Waals surface area contributed by atoms with Crippen LogP contribution >= 0.6 is 11.8 Å². The van der Waals surface area contributed by atoms with E-state index in [1.165, 1.54) is 12.3 Å². The van der Waals surface area contributed by atoms with Gasteiger partial charge in [-0.05, 0) is 19.1 Å². The number of carbonyl (C=O) groups is 2. The smallest absolute Gasteiger partial charge is 0.235 e. The fourth-order valence-electron chi connectivity index (χ4n) is 1.50. The van der Waals surface area contributed by atoms with E-state index >= 15 is 0 Å². The highest BCUT2D eigenvalue weighted by Crippen LogP contribution is 2.18. The van der Waals surface area contributed by atoms with Crippen molar-refractivity contribution in [3.8, 4) is 5.75 Å². The second kappa shape index (κ2) is 7.46. The second-order valence-electron chi connectivity index (χ2n) is 4.28. The molecule has 0 radical (unpaired) electrons. The minimum Gasteiger partial charge on any atom is -0.504 e. The molecule has 2 rings (SSSR count). The van der Waals surface area contributed by atoms with Crippen LogP contribution in [0.25, 0.3) is 0 Å². The maximum Gasteiger partial charge on any atom is 0.235 e. The van der Waals surface area contributed by atoms with E-state index in [1.807, 2.05) is 0 Å². The summed E-state index contributed by atoms with van der Waals surface area (Å²) in [5.41, 5.74) is 0. The zero-order valence-electron chi connectivity index (χ0n) is 11.7. The highest BCUT2D eigenvalue weighted by Gasteiger charge is 2.10. The van der Waals surface area contributed by atoms with E-state index < -0.39 is 0 Å². The fraction of sp³-hybridized carbons (Fsp3) is 0.231. The summed E-state index contributed by atoms with van der Waals surface area (Å²) in [5, 5.41) is 18.1. The summed E-state index contributed by atoms with van der Waals surface area (Å²) in [7, 11) is 0. The number of aromatic hydroxyl groups is 1. The average Bonchev–Trinajstić information content (AvgIpc) is 2.86. The third-order valence-electron chi connectivity index (χ3n) is 2.41. The van der Waals surface area contributed by atoms with Crippen LogP contribution in [0.15, 0.2) is 28.9 Å². The number of amides is 2. The minimum absolute atomic E-state index is 0.0568. The third-order valence-corrected chi connectivity index (χ3v) is 3.34. The van der Waals surface area contributed by atoms with Crippen LogP contribution in [-0.2, 0) is 9.59 Å². The Bertz CT molecular complexity index is 674. The van der Waals surface area contributed by atoms with Gasteiger partial charge in [-0.2, -0.15) is 0 Å². The molecule has 2 aromatic rings. The summed E-state index contributed by atoms with van der Waals surface area (Å²) >= 11 is 1.13. The lowest BCUT2D eigenvalue weighted by Crippen LogP contribution is -2.19. The maximum atomic E-state index is 11.7. The lowest BCUT2D eigenvalue weighted by Gasteiger charge is -2.05. The van der Waals surface area contributed by atoms with Crippen molar-refractivity contribution in [1.82, 2.24) is 10.1 Å². The van der Waals surface area contributed by atoms with Gasteiger partial charge >= 0.3 is 0 Å². The molecule has 2 heterocycles. The molecule has 0 aliphatic heterocycles. The Labute approximate surface area is 130 Å². The van der Waals surface area contributed by atoms with Crippen molar-refractivity contribution in [3.05, 3.63) is 30.2 Å². The Kier molecular flexibility index (Phi) is 5.37. The molecule has 0 aromatic carbocycles. The average molecular weight is 322 g/mol. The van der Waals surface area contributed by atoms with Gasteiger partial charge in [0.25, 0.3) is 0 Å². The van der Waals surface area contributed by atoms with Crippen molar-refractivity contribution >= 4 is 35.2 Å². The number of nitrogens with one attached hydrogen (secondary N) is 2. The van der Waals surface area contributed by atoms with Crippen LogP contribution in [0.4, 0.5) is 11.6 Å². The fourth-order valence-corrected chi connectivity index (χ4v) is 2.12. The van der Waals surface area contributed by atoms with Crippen LogP contribution in [0.1, 0.15) is 5.76 Å². The number of thioether (sulfide) groups is 1. The summed E-state index contributed by atoms with van der Waals surface area (Å²) in [6, 6.07) is 4.57. The first-order valence-corrected chi connectivity index (χ1v) is 7.45. The van der Waals surface area contributed by atoms with Crippen molar-refractivity contribution < 1.29 is 19.2 Å². The molecule has 2 amide bonds. The van der Waals surface area contributed by atoms with E-state index in [1.54, 1.807) is 19.1 Å². The predicted molar refractivity (Wildman–Crippen MR) is 81.7 cm³/mol. The van der Waals surface area contributed by atoms with Gasteiger partial charge in [0.15, 0.2) is 17.4 Å². The summed E-state index contributed by atoms with van der Waals surface area (Å²) in [4.78, 5) is 27.1. The monoisotopic (exact) mass is 322 g/mol. The van der Waals surface area contributed by atoms with Gasteiger partial charge < -0.3 is 20.3 Å². The summed E-state index contributed by atoms with van der Waals surface area (Å²) < 4.78 is 4.82. The number of hydrogen-bond acceptors (Lipinski definition) is 7. The van der Waals surface area contributed by atoms with Crippen molar-refractivity contribution in [2.24, 2.45) is 0 Å². The Balaban J connectivity index is 1.70. The zero-order valence-corrected chi connectivity index (χ0v) is 12.5. The maximum absolute atomic E-state index is 11.7. The second-order valence-corrected chi connectivity index (χ2v) is 5.27. The van der Waals surface area contributed by atoms with E-state index in [4.69, 9.17) is 4.52 Å². The first-order valence-electron chi connectivity index (χ1n) is 6.29. The van der Waals surface area contributed by atoms with Crippen LogP contribution in [0, 0.1) is 6.92 Å². The number of pyridine rings is 1. The first kappa shape index (κ1) is 15.8. The van der Waals surface area contributed by atoms with Gasteiger partial charge in [-0.1, -0.05) is 5.16 Å². The van der Waals surface area contributed by atoms with Gasteiger partial charge in [0, 0.05) is 12.3 Å².